The van der Waals surface area contributed by atoms with Gasteiger partial charge in [-0.05, 0) is 36.8 Å². The summed E-state index contributed by atoms with van der Waals surface area (Å²) in [5.41, 5.74) is 3.28. The van der Waals surface area contributed by atoms with Crippen molar-refractivity contribution in [1.29, 1.82) is 0 Å². The number of rotatable bonds is 5. The fourth-order valence-corrected chi connectivity index (χ4v) is 3.58. The maximum atomic E-state index is 11.0. The van der Waals surface area contributed by atoms with E-state index in [1.54, 1.807) is 29.9 Å². The number of nitrogens with zero attached hydrogens (tertiary/aromatic N) is 4. The highest BCUT2D eigenvalue weighted by atomic mass is 79.9. The minimum atomic E-state index is -1.03. The standard InChI is InChI=1S/C20H15BrCl2N4O2/c1-11-18(20(29-25-11)13-3-5-14(21)6-4-13)19(28)17-10-27(26-24-17)9-12-2-7-15(22)16(23)8-12/h2-8,10,19,28H,9H2,1H3. The summed E-state index contributed by atoms with van der Waals surface area (Å²) in [5, 5.41) is 24.2. The van der Waals surface area contributed by atoms with Crippen molar-refractivity contribution in [1.82, 2.24) is 20.2 Å². The number of hydrogen-bond donors (Lipinski definition) is 1. The molecule has 0 fully saturated rings. The molecule has 0 bridgehead atoms. The fourth-order valence-electron chi connectivity index (χ4n) is 3.00. The second-order valence-corrected chi connectivity index (χ2v) is 8.24. The Balaban J connectivity index is 1.61. The lowest BCUT2D eigenvalue weighted by atomic mass is 10.0. The maximum Gasteiger partial charge on any atom is 0.173 e. The Labute approximate surface area is 185 Å². The third-order valence-electron chi connectivity index (χ3n) is 4.45. The molecule has 1 atom stereocenters. The van der Waals surface area contributed by atoms with Gasteiger partial charge in [0.05, 0.1) is 34.0 Å². The van der Waals surface area contributed by atoms with E-state index in [1.165, 1.54) is 0 Å². The molecular formula is C20H15BrCl2N4O2. The smallest absolute Gasteiger partial charge is 0.173 e. The Morgan fingerprint density at radius 2 is 1.90 bits per heavy atom. The zero-order chi connectivity index (χ0) is 20.5. The Kier molecular flexibility index (Phi) is 5.74. The molecule has 0 saturated heterocycles. The largest absolute Gasteiger partial charge is 0.382 e. The molecular weight excluding hydrogens is 479 g/mol. The van der Waals surface area contributed by atoms with Crippen molar-refractivity contribution in [2.45, 2.75) is 19.6 Å². The average molecular weight is 494 g/mol. The molecule has 0 radical (unpaired) electrons. The molecule has 2 aromatic heterocycles. The van der Waals surface area contributed by atoms with Crippen LogP contribution in [0.15, 0.2) is 57.7 Å². The van der Waals surface area contributed by atoms with Gasteiger partial charge < -0.3 is 9.63 Å². The molecule has 0 amide bonds. The van der Waals surface area contributed by atoms with Gasteiger partial charge in [-0.3, -0.25) is 0 Å². The van der Waals surface area contributed by atoms with Crippen LogP contribution in [0.2, 0.25) is 10.0 Å². The summed E-state index contributed by atoms with van der Waals surface area (Å²) < 4.78 is 8.06. The van der Waals surface area contributed by atoms with Gasteiger partial charge in [0.15, 0.2) is 5.76 Å². The summed E-state index contributed by atoms with van der Waals surface area (Å²) in [4.78, 5) is 0. The van der Waals surface area contributed by atoms with Gasteiger partial charge in [-0.15, -0.1) is 5.10 Å². The molecule has 0 aliphatic rings. The van der Waals surface area contributed by atoms with E-state index in [0.29, 0.717) is 39.3 Å². The number of benzene rings is 2. The molecule has 148 valence electrons. The van der Waals surface area contributed by atoms with E-state index in [1.807, 2.05) is 30.3 Å². The van der Waals surface area contributed by atoms with E-state index in [4.69, 9.17) is 27.7 Å². The van der Waals surface area contributed by atoms with E-state index in [0.717, 1.165) is 15.6 Å². The Morgan fingerprint density at radius 1 is 1.14 bits per heavy atom. The highest BCUT2D eigenvalue weighted by Gasteiger charge is 2.25. The number of aliphatic hydroxyl groups excluding tert-OH is 1. The van der Waals surface area contributed by atoms with Crippen molar-refractivity contribution in [3.63, 3.8) is 0 Å². The summed E-state index contributed by atoms with van der Waals surface area (Å²) in [6.45, 7) is 2.23. The summed E-state index contributed by atoms with van der Waals surface area (Å²) in [7, 11) is 0. The Hall–Kier alpha value is -2.19. The van der Waals surface area contributed by atoms with Crippen molar-refractivity contribution in [3.05, 3.63) is 85.7 Å². The number of halogens is 3. The Bertz CT molecular complexity index is 1160. The van der Waals surface area contributed by atoms with Gasteiger partial charge in [0.2, 0.25) is 0 Å². The normalized spacial score (nSPS) is 12.3. The van der Waals surface area contributed by atoms with Gasteiger partial charge in [0.25, 0.3) is 0 Å². The van der Waals surface area contributed by atoms with Gasteiger partial charge in [-0.1, -0.05) is 67.7 Å². The van der Waals surface area contributed by atoms with Crippen molar-refractivity contribution in [2.24, 2.45) is 0 Å². The molecule has 4 aromatic rings. The lowest BCUT2D eigenvalue weighted by molar-refractivity contribution is 0.214. The van der Waals surface area contributed by atoms with E-state index in [2.05, 4.69) is 31.4 Å². The molecule has 1 unspecified atom stereocenters. The van der Waals surface area contributed by atoms with Crippen molar-refractivity contribution >= 4 is 39.1 Å². The SMILES string of the molecule is Cc1noc(-c2ccc(Br)cc2)c1C(O)c1cn(Cc2ccc(Cl)c(Cl)c2)nn1. The highest BCUT2D eigenvalue weighted by Crippen LogP contribution is 2.34. The van der Waals surface area contributed by atoms with E-state index in [-0.39, 0.29) is 0 Å². The molecule has 0 saturated carbocycles. The lowest BCUT2D eigenvalue weighted by Crippen LogP contribution is -2.03. The maximum absolute atomic E-state index is 11.0. The molecule has 2 heterocycles. The average Bonchev–Trinajstić information content (AvgIpc) is 3.32. The number of aromatic nitrogens is 4. The topological polar surface area (TPSA) is 77.0 Å². The third kappa shape index (κ3) is 4.23. The zero-order valence-electron chi connectivity index (χ0n) is 15.2. The zero-order valence-corrected chi connectivity index (χ0v) is 18.3. The van der Waals surface area contributed by atoms with Crippen molar-refractivity contribution in [2.75, 3.05) is 0 Å². The minimum Gasteiger partial charge on any atom is -0.382 e. The summed E-state index contributed by atoms with van der Waals surface area (Å²) in [5.74, 6) is 0.501. The molecule has 1 N–H and O–H groups in total. The number of aryl methyl sites for hydroxylation is 1. The van der Waals surface area contributed by atoms with Gasteiger partial charge in [-0.25, -0.2) is 4.68 Å². The summed E-state index contributed by atoms with van der Waals surface area (Å²) >= 11 is 15.4. The van der Waals surface area contributed by atoms with Crippen LogP contribution in [-0.4, -0.2) is 25.3 Å². The first kappa shape index (κ1) is 20.1. The monoisotopic (exact) mass is 492 g/mol. The predicted octanol–water partition coefficient (Wildman–Crippen LogP) is 5.44. The molecule has 0 spiro atoms. The van der Waals surface area contributed by atoms with Crippen LogP contribution in [-0.2, 0) is 6.54 Å². The van der Waals surface area contributed by atoms with Crippen molar-refractivity contribution < 1.29 is 9.63 Å². The summed E-state index contributed by atoms with van der Waals surface area (Å²) in [6, 6.07) is 13.0. The first-order valence-corrected chi connectivity index (χ1v) is 10.2. The number of aliphatic hydroxyl groups is 1. The van der Waals surface area contributed by atoms with E-state index < -0.39 is 6.10 Å². The van der Waals surface area contributed by atoms with Crippen LogP contribution in [0.5, 0.6) is 0 Å². The summed E-state index contributed by atoms with van der Waals surface area (Å²) in [6.07, 6.45) is 0.660. The van der Waals surface area contributed by atoms with Crippen LogP contribution in [0.4, 0.5) is 0 Å². The Morgan fingerprint density at radius 3 is 2.62 bits per heavy atom. The van der Waals surface area contributed by atoms with Gasteiger partial charge in [-0.2, -0.15) is 0 Å². The van der Waals surface area contributed by atoms with Crippen LogP contribution < -0.4 is 0 Å². The molecule has 4 rings (SSSR count). The second kappa shape index (κ2) is 8.28. The highest BCUT2D eigenvalue weighted by molar-refractivity contribution is 9.10. The van der Waals surface area contributed by atoms with Crippen LogP contribution >= 0.6 is 39.1 Å². The molecule has 0 aliphatic carbocycles. The molecule has 6 nitrogen and oxygen atoms in total. The minimum absolute atomic E-state index is 0.398. The van der Waals surface area contributed by atoms with Crippen LogP contribution in [0.3, 0.4) is 0 Å². The first-order valence-electron chi connectivity index (χ1n) is 8.66. The quantitative estimate of drug-likeness (QED) is 0.400. The molecule has 0 aliphatic heterocycles. The van der Waals surface area contributed by atoms with Crippen LogP contribution in [0, 0.1) is 6.92 Å². The lowest BCUT2D eigenvalue weighted by Gasteiger charge is -2.08. The van der Waals surface area contributed by atoms with E-state index in [9.17, 15) is 5.11 Å². The van der Waals surface area contributed by atoms with Crippen molar-refractivity contribution in [3.8, 4) is 11.3 Å². The first-order chi connectivity index (χ1) is 13.9. The van der Waals surface area contributed by atoms with Gasteiger partial charge >= 0.3 is 0 Å². The number of hydrogen-bond acceptors (Lipinski definition) is 5. The van der Waals surface area contributed by atoms with Crippen LogP contribution in [0.25, 0.3) is 11.3 Å². The molecule has 2 aromatic carbocycles. The third-order valence-corrected chi connectivity index (χ3v) is 5.72. The van der Waals surface area contributed by atoms with Crippen LogP contribution in [0.1, 0.15) is 28.6 Å². The van der Waals surface area contributed by atoms with Gasteiger partial charge in [0.1, 0.15) is 11.8 Å². The van der Waals surface area contributed by atoms with Gasteiger partial charge in [0, 0.05) is 10.0 Å². The predicted molar refractivity (Wildman–Crippen MR) is 114 cm³/mol. The molecule has 9 heteroatoms. The molecule has 29 heavy (non-hydrogen) atoms. The fraction of sp³-hybridized carbons (Fsp3) is 0.150. The second-order valence-electron chi connectivity index (χ2n) is 6.51. The van der Waals surface area contributed by atoms with E-state index >= 15 is 0 Å².